The summed E-state index contributed by atoms with van der Waals surface area (Å²) in [5.74, 6) is 1.22. The second-order valence-corrected chi connectivity index (χ2v) is 11.8. The fourth-order valence-electron chi connectivity index (χ4n) is 6.46. The zero-order valence-corrected chi connectivity index (χ0v) is 23.6. The fourth-order valence-corrected chi connectivity index (χ4v) is 6.46. The van der Waals surface area contributed by atoms with Gasteiger partial charge in [0.25, 0.3) is 5.91 Å². The van der Waals surface area contributed by atoms with E-state index in [1.807, 2.05) is 24.3 Å². The molecule has 0 spiro atoms. The van der Waals surface area contributed by atoms with Crippen LogP contribution in [0, 0.1) is 17.7 Å². The third-order valence-corrected chi connectivity index (χ3v) is 9.08. The summed E-state index contributed by atoms with van der Waals surface area (Å²) in [4.78, 5) is 31.7. The highest BCUT2D eigenvalue weighted by atomic mass is 19.1. The van der Waals surface area contributed by atoms with Crippen LogP contribution in [0.4, 0.5) is 4.39 Å². The van der Waals surface area contributed by atoms with E-state index in [0.717, 1.165) is 63.6 Å². The van der Waals surface area contributed by atoms with E-state index in [2.05, 4.69) is 10.2 Å². The van der Waals surface area contributed by atoms with Gasteiger partial charge in [0.15, 0.2) is 0 Å². The molecule has 7 nitrogen and oxygen atoms in total. The zero-order chi connectivity index (χ0) is 28.1. The van der Waals surface area contributed by atoms with Crippen LogP contribution < -0.4 is 15.8 Å². The van der Waals surface area contributed by atoms with Crippen LogP contribution in [-0.2, 0) is 11.3 Å². The molecular formula is C32H43FN4O3. The van der Waals surface area contributed by atoms with Crippen molar-refractivity contribution >= 4 is 11.8 Å². The molecule has 2 aliphatic carbocycles. The number of hydrogen-bond acceptors (Lipinski definition) is 5. The van der Waals surface area contributed by atoms with E-state index in [1.54, 1.807) is 24.1 Å². The summed E-state index contributed by atoms with van der Waals surface area (Å²) in [5.41, 5.74) is 7.46. The van der Waals surface area contributed by atoms with E-state index in [0.29, 0.717) is 48.7 Å². The molecule has 0 radical (unpaired) electrons. The Kier molecular flexibility index (Phi) is 9.37. The van der Waals surface area contributed by atoms with E-state index in [4.69, 9.17) is 10.5 Å². The number of amides is 2. The molecule has 1 unspecified atom stereocenters. The minimum Gasteiger partial charge on any atom is -0.497 e. The van der Waals surface area contributed by atoms with Gasteiger partial charge in [0.1, 0.15) is 17.6 Å². The van der Waals surface area contributed by atoms with Gasteiger partial charge < -0.3 is 20.7 Å². The number of carbonyl (C=O) groups is 2. The molecular weight excluding hydrogens is 507 g/mol. The van der Waals surface area contributed by atoms with Crippen LogP contribution in [-0.4, -0.2) is 66.5 Å². The Hall–Kier alpha value is -2.97. The normalized spacial score (nSPS) is 25.1. The predicted octanol–water partition coefficient (Wildman–Crippen LogP) is 4.35. The fraction of sp³-hybridized carbons (Fsp3) is 0.562. The number of hydrogen-bond donors (Lipinski definition) is 2. The smallest absolute Gasteiger partial charge is 0.254 e. The van der Waals surface area contributed by atoms with Crippen molar-refractivity contribution in [1.82, 2.24) is 15.1 Å². The van der Waals surface area contributed by atoms with Crippen LogP contribution in [0.25, 0.3) is 0 Å². The van der Waals surface area contributed by atoms with Crippen molar-refractivity contribution in [2.75, 3.05) is 26.7 Å². The molecule has 0 aromatic heterocycles. The van der Waals surface area contributed by atoms with Crippen LogP contribution in [0.1, 0.15) is 67.3 Å². The molecule has 1 saturated heterocycles. The molecule has 2 aromatic rings. The quantitative estimate of drug-likeness (QED) is 0.459. The van der Waals surface area contributed by atoms with Crippen molar-refractivity contribution < 1.29 is 18.7 Å². The van der Waals surface area contributed by atoms with Crippen molar-refractivity contribution in [2.45, 2.75) is 76.0 Å². The minimum absolute atomic E-state index is 0.0700. The van der Waals surface area contributed by atoms with Crippen molar-refractivity contribution in [1.29, 1.82) is 0 Å². The lowest BCUT2D eigenvalue weighted by Crippen LogP contribution is -2.58. The number of benzene rings is 2. The number of nitrogens with one attached hydrogen (secondary N) is 1. The highest BCUT2D eigenvalue weighted by Gasteiger charge is 2.42. The first-order valence-corrected chi connectivity index (χ1v) is 14.9. The first-order chi connectivity index (χ1) is 19.4. The number of nitrogens with two attached hydrogens (primary N) is 1. The Morgan fingerprint density at radius 3 is 2.40 bits per heavy atom. The van der Waals surface area contributed by atoms with Gasteiger partial charge in [0.05, 0.1) is 7.11 Å². The zero-order valence-electron chi connectivity index (χ0n) is 23.6. The number of carbonyl (C=O) groups excluding carboxylic acids is 2. The van der Waals surface area contributed by atoms with Crippen LogP contribution in [0.3, 0.4) is 0 Å². The average Bonchev–Trinajstić information content (AvgIpc) is 3.85. The van der Waals surface area contributed by atoms with Crippen molar-refractivity contribution in [3.8, 4) is 5.75 Å². The van der Waals surface area contributed by atoms with Gasteiger partial charge in [0, 0.05) is 37.3 Å². The van der Waals surface area contributed by atoms with Crippen LogP contribution >= 0.6 is 0 Å². The number of halogens is 1. The predicted molar refractivity (Wildman–Crippen MR) is 153 cm³/mol. The van der Waals surface area contributed by atoms with Gasteiger partial charge in [-0.25, -0.2) is 4.39 Å². The maximum atomic E-state index is 13.8. The summed E-state index contributed by atoms with van der Waals surface area (Å²) >= 11 is 0. The highest BCUT2D eigenvalue weighted by Crippen LogP contribution is 2.35. The summed E-state index contributed by atoms with van der Waals surface area (Å²) in [5, 5.41) is 3.23. The average molecular weight is 551 g/mol. The monoisotopic (exact) mass is 550 g/mol. The van der Waals surface area contributed by atoms with Crippen LogP contribution in [0.5, 0.6) is 5.75 Å². The van der Waals surface area contributed by atoms with Gasteiger partial charge in [-0.05, 0) is 106 Å². The number of nitrogens with zero attached hydrogens (tertiary/aromatic N) is 2. The van der Waals surface area contributed by atoms with Crippen LogP contribution in [0.15, 0.2) is 48.5 Å². The molecule has 2 amide bonds. The molecule has 2 saturated carbocycles. The summed E-state index contributed by atoms with van der Waals surface area (Å²) in [6, 6.07) is 13.9. The Morgan fingerprint density at radius 2 is 1.73 bits per heavy atom. The molecule has 3 N–H and O–H groups in total. The van der Waals surface area contributed by atoms with E-state index in [1.165, 1.54) is 12.1 Å². The van der Waals surface area contributed by atoms with Crippen molar-refractivity contribution in [3.05, 3.63) is 65.5 Å². The van der Waals surface area contributed by atoms with Gasteiger partial charge in [-0.3, -0.25) is 14.5 Å². The first kappa shape index (κ1) is 28.6. The SMILES string of the molecule is COc1cccc(C(=O)N2CCC(N(Cc3ccc(F)cc3)C3CC3)C[C@@H]2C(=O)NCC2CCC(CN)CC2)c1. The molecule has 8 heteroatoms. The number of rotatable bonds is 10. The first-order valence-electron chi connectivity index (χ1n) is 14.9. The van der Waals surface area contributed by atoms with Gasteiger partial charge in [-0.2, -0.15) is 0 Å². The maximum absolute atomic E-state index is 13.8. The van der Waals surface area contributed by atoms with Crippen molar-refractivity contribution in [3.63, 3.8) is 0 Å². The number of piperidine rings is 1. The molecule has 3 fully saturated rings. The lowest BCUT2D eigenvalue weighted by atomic mass is 9.82. The van der Waals surface area contributed by atoms with Gasteiger partial charge in [0.2, 0.25) is 5.91 Å². The second-order valence-electron chi connectivity index (χ2n) is 11.8. The standard InChI is InChI=1S/C32H43FN4O3/c1-40-29-4-2-3-25(17-29)32(39)36-16-15-28(37(27-13-14-27)21-24-9-11-26(33)12-10-24)18-30(36)31(38)35-20-23-7-5-22(19-34)6-8-23/h2-4,9-12,17,22-23,27-28,30H,5-8,13-16,18-21,34H2,1H3,(H,35,38)/t22?,23?,28?,30-/m1/s1. The number of methoxy groups -OCH3 is 1. The lowest BCUT2D eigenvalue weighted by Gasteiger charge is -2.43. The molecule has 216 valence electrons. The van der Waals surface area contributed by atoms with E-state index in [-0.39, 0.29) is 23.7 Å². The second kappa shape index (κ2) is 13.1. The summed E-state index contributed by atoms with van der Waals surface area (Å²) < 4.78 is 18.9. The van der Waals surface area contributed by atoms with E-state index < -0.39 is 6.04 Å². The molecule has 0 bridgehead atoms. The van der Waals surface area contributed by atoms with Gasteiger partial charge in [-0.1, -0.05) is 18.2 Å². The summed E-state index contributed by atoms with van der Waals surface area (Å²) in [6.45, 7) is 2.60. The Bertz CT molecular complexity index is 1150. The van der Waals surface area contributed by atoms with E-state index in [9.17, 15) is 14.0 Å². The topological polar surface area (TPSA) is 87.9 Å². The Balaban J connectivity index is 1.31. The molecule has 2 aromatic carbocycles. The largest absolute Gasteiger partial charge is 0.497 e. The van der Waals surface area contributed by atoms with Crippen molar-refractivity contribution in [2.24, 2.45) is 17.6 Å². The Labute approximate surface area is 237 Å². The molecule has 40 heavy (non-hydrogen) atoms. The third kappa shape index (κ3) is 7.02. The minimum atomic E-state index is -0.549. The molecule has 2 atom stereocenters. The van der Waals surface area contributed by atoms with Gasteiger partial charge in [-0.15, -0.1) is 0 Å². The molecule has 3 aliphatic rings. The van der Waals surface area contributed by atoms with Crippen LogP contribution in [0.2, 0.25) is 0 Å². The lowest BCUT2D eigenvalue weighted by molar-refractivity contribution is -0.128. The molecule has 1 heterocycles. The molecule has 1 aliphatic heterocycles. The van der Waals surface area contributed by atoms with Gasteiger partial charge >= 0.3 is 0 Å². The third-order valence-electron chi connectivity index (χ3n) is 9.08. The summed E-state index contributed by atoms with van der Waals surface area (Å²) in [6.07, 6.45) is 8.02. The highest BCUT2D eigenvalue weighted by molar-refractivity contribution is 5.98. The number of ether oxygens (including phenoxy) is 1. The van der Waals surface area contributed by atoms with E-state index >= 15 is 0 Å². The summed E-state index contributed by atoms with van der Waals surface area (Å²) in [7, 11) is 1.58. The Morgan fingerprint density at radius 1 is 1.00 bits per heavy atom. The molecule has 5 rings (SSSR count). The number of likely N-dealkylation sites (tertiary alicyclic amines) is 1. The maximum Gasteiger partial charge on any atom is 0.254 e.